The summed E-state index contributed by atoms with van der Waals surface area (Å²) in [6.07, 6.45) is 0. The number of amides is 1. The Labute approximate surface area is 124 Å². The van der Waals surface area contributed by atoms with Crippen LogP contribution in [0, 0.1) is 6.92 Å². The zero-order valence-electron chi connectivity index (χ0n) is 10.2. The molecule has 1 aromatic heterocycles. The van der Waals surface area contributed by atoms with Crippen LogP contribution >= 0.6 is 34.7 Å². The van der Waals surface area contributed by atoms with Crippen LogP contribution in [0.1, 0.15) is 10.6 Å². The molecule has 0 saturated heterocycles. The fourth-order valence-electron chi connectivity index (χ4n) is 1.32. The standard InChI is InChI=1S/C12H12ClN3OS2/c1-8-15-16-12(19-8)18-7-11(17)14-6-9-2-4-10(13)5-3-9/h2-5H,6-7H2,1H3,(H,14,17). The Kier molecular flexibility index (Phi) is 5.18. The molecule has 0 aliphatic carbocycles. The largest absolute Gasteiger partial charge is 0.351 e. The van der Waals surface area contributed by atoms with Gasteiger partial charge in [0.05, 0.1) is 5.75 Å². The van der Waals surface area contributed by atoms with E-state index in [1.165, 1.54) is 23.1 Å². The van der Waals surface area contributed by atoms with Gasteiger partial charge in [-0.25, -0.2) is 0 Å². The molecule has 19 heavy (non-hydrogen) atoms. The van der Waals surface area contributed by atoms with Crippen LogP contribution in [-0.2, 0) is 11.3 Å². The van der Waals surface area contributed by atoms with Crippen molar-refractivity contribution in [1.29, 1.82) is 0 Å². The summed E-state index contributed by atoms with van der Waals surface area (Å²) in [5, 5.41) is 12.3. The van der Waals surface area contributed by atoms with Gasteiger partial charge in [0.2, 0.25) is 5.91 Å². The molecular formula is C12H12ClN3OS2. The highest BCUT2D eigenvalue weighted by atomic mass is 35.5. The minimum Gasteiger partial charge on any atom is -0.351 e. The van der Waals surface area contributed by atoms with Gasteiger partial charge in [-0.15, -0.1) is 10.2 Å². The van der Waals surface area contributed by atoms with E-state index in [2.05, 4.69) is 15.5 Å². The molecule has 2 rings (SSSR count). The van der Waals surface area contributed by atoms with Gasteiger partial charge in [0.1, 0.15) is 5.01 Å². The summed E-state index contributed by atoms with van der Waals surface area (Å²) < 4.78 is 0.819. The maximum atomic E-state index is 11.7. The third-order valence-electron chi connectivity index (χ3n) is 2.24. The number of hydrogen-bond donors (Lipinski definition) is 1. The maximum Gasteiger partial charge on any atom is 0.230 e. The summed E-state index contributed by atoms with van der Waals surface area (Å²) in [4.78, 5) is 11.7. The maximum absolute atomic E-state index is 11.7. The number of carbonyl (C=O) groups excluding carboxylic acids is 1. The summed E-state index contributed by atoms with van der Waals surface area (Å²) in [7, 11) is 0. The first kappa shape index (κ1) is 14.3. The van der Waals surface area contributed by atoms with Gasteiger partial charge in [0, 0.05) is 11.6 Å². The second-order valence-electron chi connectivity index (χ2n) is 3.78. The molecule has 1 heterocycles. The van der Waals surface area contributed by atoms with Gasteiger partial charge >= 0.3 is 0 Å². The van der Waals surface area contributed by atoms with E-state index < -0.39 is 0 Å². The third-order valence-corrected chi connectivity index (χ3v) is 4.46. The van der Waals surface area contributed by atoms with Crippen molar-refractivity contribution < 1.29 is 4.79 Å². The molecule has 0 unspecified atom stereocenters. The van der Waals surface area contributed by atoms with Crippen molar-refractivity contribution in [3.63, 3.8) is 0 Å². The zero-order valence-corrected chi connectivity index (χ0v) is 12.6. The normalized spacial score (nSPS) is 10.4. The lowest BCUT2D eigenvalue weighted by molar-refractivity contribution is -0.118. The quantitative estimate of drug-likeness (QED) is 0.862. The first-order chi connectivity index (χ1) is 9.13. The van der Waals surface area contributed by atoms with Gasteiger partial charge in [-0.1, -0.05) is 46.8 Å². The summed E-state index contributed by atoms with van der Waals surface area (Å²) in [6.45, 7) is 2.40. The van der Waals surface area contributed by atoms with Crippen LogP contribution < -0.4 is 5.32 Å². The lowest BCUT2D eigenvalue weighted by Gasteiger charge is -2.04. The molecule has 1 amide bonds. The van der Waals surface area contributed by atoms with Gasteiger partial charge in [0.15, 0.2) is 4.34 Å². The summed E-state index contributed by atoms with van der Waals surface area (Å²) in [6, 6.07) is 7.40. The Morgan fingerprint density at radius 1 is 1.37 bits per heavy atom. The summed E-state index contributed by atoms with van der Waals surface area (Å²) >= 11 is 8.68. The molecule has 0 fully saturated rings. The van der Waals surface area contributed by atoms with Crippen LogP contribution in [0.3, 0.4) is 0 Å². The molecule has 7 heteroatoms. The van der Waals surface area contributed by atoms with Crippen molar-refractivity contribution in [3.05, 3.63) is 39.9 Å². The van der Waals surface area contributed by atoms with E-state index in [-0.39, 0.29) is 5.91 Å². The van der Waals surface area contributed by atoms with Crippen molar-refractivity contribution in [2.24, 2.45) is 0 Å². The first-order valence-corrected chi connectivity index (χ1v) is 7.75. The van der Waals surface area contributed by atoms with Crippen LogP contribution in [-0.4, -0.2) is 21.9 Å². The molecule has 1 aromatic carbocycles. The molecular weight excluding hydrogens is 302 g/mol. The number of halogens is 1. The Morgan fingerprint density at radius 3 is 2.74 bits per heavy atom. The number of nitrogens with one attached hydrogen (secondary N) is 1. The molecule has 2 aromatic rings. The van der Waals surface area contributed by atoms with Crippen LogP contribution in [0.15, 0.2) is 28.6 Å². The average molecular weight is 314 g/mol. The highest BCUT2D eigenvalue weighted by molar-refractivity contribution is 8.01. The molecule has 0 bridgehead atoms. The molecule has 100 valence electrons. The first-order valence-electron chi connectivity index (χ1n) is 5.57. The lowest BCUT2D eigenvalue weighted by Crippen LogP contribution is -2.24. The van der Waals surface area contributed by atoms with Crippen molar-refractivity contribution in [3.8, 4) is 0 Å². The van der Waals surface area contributed by atoms with E-state index in [9.17, 15) is 4.79 Å². The summed E-state index contributed by atoms with van der Waals surface area (Å²) in [5.41, 5.74) is 1.02. The molecule has 0 radical (unpaired) electrons. The number of rotatable bonds is 5. The minimum atomic E-state index is -0.0206. The number of nitrogens with zero attached hydrogens (tertiary/aromatic N) is 2. The van der Waals surface area contributed by atoms with Crippen LogP contribution in [0.2, 0.25) is 5.02 Å². The Balaban J connectivity index is 1.74. The molecule has 0 aliphatic heterocycles. The van der Waals surface area contributed by atoms with E-state index in [0.29, 0.717) is 17.3 Å². The van der Waals surface area contributed by atoms with Crippen molar-refractivity contribution >= 4 is 40.6 Å². The monoisotopic (exact) mass is 313 g/mol. The molecule has 0 saturated carbocycles. The fourth-order valence-corrected chi connectivity index (χ4v) is 3.09. The number of carbonyl (C=O) groups is 1. The fraction of sp³-hybridized carbons (Fsp3) is 0.250. The molecule has 4 nitrogen and oxygen atoms in total. The predicted molar refractivity (Wildman–Crippen MR) is 78.7 cm³/mol. The van der Waals surface area contributed by atoms with E-state index in [4.69, 9.17) is 11.6 Å². The van der Waals surface area contributed by atoms with Crippen molar-refractivity contribution in [2.75, 3.05) is 5.75 Å². The highest BCUT2D eigenvalue weighted by Crippen LogP contribution is 2.21. The highest BCUT2D eigenvalue weighted by Gasteiger charge is 2.06. The van der Waals surface area contributed by atoms with Gasteiger partial charge in [0.25, 0.3) is 0 Å². The number of hydrogen-bond acceptors (Lipinski definition) is 5. The predicted octanol–water partition coefficient (Wildman–Crippen LogP) is 2.91. The van der Waals surface area contributed by atoms with Gasteiger partial charge in [-0.3, -0.25) is 4.79 Å². The SMILES string of the molecule is Cc1nnc(SCC(=O)NCc2ccc(Cl)cc2)s1. The van der Waals surface area contributed by atoms with Crippen molar-refractivity contribution in [1.82, 2.24) is 15.5 Å². The molecule has 0 spiro atoms. The van der Waals surface area contributed by atoms with Crippen LogP contribution in [0.4, 0.5) is 0 Å². The number of aromatic nitrogens is 2. The summed E-state index contributed by atoms with van der Waals surface area (Å²) in [5.74, 6) is 0.329. The molecule has 0 aliphatic rings. The van der Waals surface area contributed by atoms with Gasteiger partial charge < -0.3 is 5.32 Å². The lowest BCUT2D eigenvalue weighted by atomic mass is 10.2. The van der Waals surface area contributed by atoms with Crippen LogP contribution in [0.25, 0.3) is 0 Å². The Bertz CT molecular complexity index is 556. The second-order valence-corrected chi connectivity index (χ2v) is 6.62. The van der Waals surface area contributed by atoms with E-state index in [0.717, 1.165) is 14.9 Å². The van der Waals surface area contributed by atoms with Crippen LogP contribution in [0.5, 0.6) is 0 Å². The average Bonchev–Trinajstić information content (AvgIpc) is 2.81. The van der Waals surface area contributed by atoms with Gasteiger partial charge in [-0.2, -0.15) is 0 Å². The second kappa shape index (κ2) is 6.88. The molecule has 0 atom stereocenters. The zero-order chi connectivity index (χ0) is 13.7. The number of benzene rings is 1. The number of aryl methyl sites for hydroxylation is 1. The molecule has 1 N–H and O–H groups in total. The topological polar surface area (TPSA) is 54.9 Å². The van der Waals surface area contributed by atoms with E-state index >= 15 is 0 Å². The van der Waals surface area contributed by atoms with Crippen molar-refractivity contribution in [2.45, 2.75) is 17.8 Å². The number of thioether (sulfide) groups is 1. The van der Waals surface area contributed by atoms with E-state index in [1.807, 2.05) is 31.2 Å². The minimum absolute atomic E-state index is 0.0206. The Hall–Kier alpha value is -1.11. The third kappa shape index (κ3) is 4.81. The Morgan fingerprint density at radius 2 is 2.11 bits per heavy atom. The van der Waals surface area contributed by atoms with E-state index in [1.54, 1.807) is 0 Å². The smallest absolute Gasteiger partial charge is 0.230 e. The van der Waals surface area contributed by atoms with Gasteiger partial charge in [-0.05, 0) is 24.6 Å².